The zero-order valence-electron chi connectivity index (χ0n) is 13.1. The smallest absolute Gasteiger partial charge is 0.288 e. The number of rotatable bonds is 4. The first-order valence-electron chi connectivity index (χ1n) is 7.31. The molecule has 3 aromatic rings. The number of aromatic nitrogens is 1. The number of hydrazone groups is 1. The van der Waals surface area contributed by atoms with Gasteiger partial charge in [0.1, 0.15) is 5.69 Å². The van der Waals surface area contributed by atoms with Gasteiger partial charge < -0.3 is 4.98 Å². The van der Waals surface area contributed by atoms with Gasteiger partial charge in [0, 0.05) is 28.1 Å². The Bertz CT molecular complexity index is 993. The van der Waals surface area contributed by atoms with Crippen molar-refractivity contribution in [3.05, 3.63) is 74.4 Å². The van der Waals surface area contributed by atoms with Gasteiger partial charge >= 0.3 is 0 Å². The van der Waals surface area contributed by atoms with E-state index in [0.717, 1.165) is 16.5 Å². The molecule has 25 heavy (non-hydrogen) atoms. The van der Waals surface area contributed by atoms with E-state index in [1.165, 1.54) is 18.3 Å². The van der Waals surface area contributed by atoms with Crippen LogP contribution in [0.2, 0.25) is 5.02 Å². The first-order valence-corrected chi connectivity index (χ1v) is 7.69. The first kappa shape index (κ1) is 16.7. The van der Waals surface area contributed by atoms with E-state index >= 15 is 0 Å². The Labute approximate surface area is 147 Å². The van der Waals surface area contributed by atoms with Gasteiger partial charge in [-0.3, -0.25) is 14.9 Å². The molecule has 2 aromatic carbocycles. The second-order valence-corrected chi connectivity index (χ2v) is 5.80. The van der Waals surface area contributed by atoms with Gasteiger partial charge in [-0.05, 0) is 48.4 Å². The number of non-ortho nitro benzene ring substituents is 1. The van der Waals surface area contributed by atoms with Gasteiger partial charge in [-0.1, -0.05) is 11.6 Å². The van der Waals surface area contributed by atoms with E-state index in [0.29, 0.717) is 16.3 Å². The number of amides is 1. The molecule has 1 aromatic heterocycles. The van der Waals surface area contributed by atoms with Crippen LogP contribution in [-0.2, 0) is 0 Å². The fourth-order valence-corrected chi connectivity index (χ4v) is 2.60. The maximum atomic E-state index is 12.3. The monoisotopic (exact) mass is 356 g/mol. The molecule has 3 rings (SSSR count). The van der Waals surface area contributed by atoms with Crippen molar-refractivity contribution in [3.63, 3.8) is 0 Å². The lowest BCUT2D eigenvalue weighted by atomic mass is 10.1. The Morgan fingerprint density at radius 3 is 2.68 bits per heavy atom. The molecule has 0 radical (unpaired) electrons. The lowest BCUT2D eigenvalue weighted by Gasteiger charge is -1.99. The number of aromatic amines is 1. The SMILES string of the molecule is Cc1c(C(=O)NN=Cc2ccc([N+](=O)[O-])cc2)[nH]c2ccc(Cl)cc12. The molecule has 126 valence electrons. The molecule has 0 spiro atoms. The average Bonchev–Trinajstić information content (AvgIpc) is 2.92. The van der Waals surface area contributed by atoms with Crippen LogP contribution < -0.4 is 5.43 Å². The summed E-state index contributed by atoms with van der Waals surface area (Å²) in [5.74, 6) is -0.386. The molecule has 0 aliphatic heterocycles. The number of nitrogens with one attached hydrogen (secondary N) is 2. The highest BCUT2D eigenvalue weighted by molar-refractivity contribution is 6.31. The number of H-pyrrole nitrogens is 1. The predicted molar refractivity (Wildman–Crippen MR) is 96.2 cm³/mol. The molecule has 1 amide bonds. The Kier molecular flexibility index (Phi) is 4.49. The fraction of sp³-hybridized carbons (Fsp3) is 0.0588. The van der Waals surface area contributed by atoms with Gasteiger partial charge in [0.05, 0.1) is 11.1 Å². The summed E-state index contributed by atoms with van der Waals surface area (Å²) in [5.41, 5.74) is 5.05. The Balaban J connectivity index is 1.74. The highest BCUT2D eigenvalue weighted by atomic mass is 35.5. The van der Waals surface area contributed by atoms with Gasteiger partial charge in [-0.25, -0.2) is 5.43 Å². The molecular weight excluding hydrogens is 344 g/mol. The van der Waals surface area contributed by atoms with Crippen LogP contribution in [-0.4, -0.2) is 22.0 Å². The van der Waals surface area contributed by atoms with Crippen molar-refractivity contribution in [2.45, 2.75) is 6.92 Å². The van der Waals surface area contributed by atoms with Crippen LogP contribution in [0.15, 0.2) is 47.6 Å². The number of hydrogen-bond acceptors (Lipinski definition) is 4. The number of hydrogen-bond donors (Lipinski definition) is 2. The van der Waals surface area contributed by atoms with Crippen molar-refractivity contribution < 1.29 is 9.72 Å². The van der Waals surface area contributed by atoms with Crippen LogP contribution in [0.25, 0.3) is 10.9 Å². The van der Waals surface area contributed by atoms with Crippen LogP contribution in [0.5, 0.6) is 0 Å². The van der Waals surface area contributed by atoms with Gasteiger partial charge in [0.15, 0.2) is 0 Å². The van der Waals surface area contributed by atoms with E-state index in [-0.39, 0.29) is 11.6 Å². The van der Waals surface area contributed by atoms with E-state index in [1.54, 1.807) is 24.3 Å². The molecule has 0 bridgehead atoms. The van der Waals surface area contributed by atoms with Crippen LogP contribution in [0.3, 0.4) is 0 Å². The van der Waals surface area contributed by atoms with Crippen LogP contribution in [0.4, 0.5) is 5.69 Å². The first-order chi connectivity index (χ1) is 12.0. The third kappa shape index (κ3) is 3.51. The predicted octanol–water partition coefficient (Wildman–Crippen LogP) is 3.80. The van der Waals surface area contributed by atoms with E-state index in [4.69, 9.17) is 11.6 Å². The van der Waals surface area contributed by atoms with Crippen LogP contribution in [0, 0.1) is 17.0 Å². The topological polar surface area (TPSA) is 100 Å². The molecule has 0 aliphatic carbocycles. The Morgan fingerprint density at radius 2 is 2.00 bits per heavy atom. The van der Waals surface area contributed by atoms with E-state index in [9.17, 15) is 14.9 Å². The zero-order valence-corrected chi connectivity index (χ0v) is 13.9. The fourth-order valence-electron chi connectivity index (χ4n) is 2.43. The number of carbonyl (C=O) groups excluding carboxylic acids is 1. The largest absolute Gasteiger partial charge is 0.350 e. The van der Waals surface area contributed by atoms with Crippen molar-refractivity contribution in [2.75, 3.05) is 0 Å². The third-order valence-electron chi connectivity index (χ3n) is 3.73. The normalized spacial score (nSPS) is 11.1. The van der Waals surface area contributed by atoms with Gasteiger partial charge in [0.25, 0.3) is 11.6 Å². The van der Waals surface area contributed by atoms with Gasteiger partial charge in [-0.2, -0.15) is 5.10 Å². The van der Waals surface area contributed by atoms with Crippen molar-refractivity contribution in [2.24, 2.45) is 5.10 Å². The molecule has 7 nitrogen and oxygen atoms in total. The molecule has 2 N–H and O–H groups in total. The molecule has 1 heterocycles. The molecule has 0 aliphatic rings. The lowest BCUT2D eigenvalue weighted by molar-refractivity contribution is -0.384. The van der Waals surface area contributed by atoms with Crippen LogP contribution in [0.1, 0.15) is 21.6 Å². The van der Waals surface area contributed by atoms with Crippen molar-refractivity contribution in [1.82, 2.24) is 10.4 Å². The number of nitrogens with zero attached hydrogens (tertiary/aromatic N) is 2. The molecule has 0 unspecified atom stereocenters. The summed E-state index contributed by atoms with van der Waals surface area (Å²) in [6.07, 6.45) is 1.41. The number of carbonyl (C=O) groups is 1. The molecular formula is C17H13ClN4O3. The van der Waals surface area contributed by atoms with Crippen LogP contribution >= 0.6 is 11.6 Å². The van der Waals surface area contributed by atoms with Gasteiger partial charge in [0.2, 0.25) is 0 Å². The summed E-state index contributed by atoms with van der Waals surface area (Å²) in [7, 11) is 0. The van der Waals surface area contributed by atoms with E-state index < -0.39 is 4.92 Å². The maximum Gasteiger partial charge on any atom is 0.288 e. The minimum absolute atomic E-state index is 0.00598. The summed E-state index contributed by atoms with van der Waals surface area (Å²) in [6, 6.07) is 11.2. The minimum Gasteiger partial charge on any atom is -0.350 e. The lowest BCUT2D eigenvalue weighted by Crippen LogP contribution is -2.18. The second-order valence-electron chi connectivity index (χ2n) is 5.36. The van der Waals surface area contributed by atoms with Crippen molar-refractivity contribution in [1.29, 1.82) is 0 Å². The molecule has 8 heteroatoms. The Morgan fingerprint density at radius 1 is 1.28 bits per heavy atom. The Hall–Kier alpha value is -3.19. The quantitative estimate of drug-likeness (QED) is 0.422. The number of fused-ring (bicyclic) bond motifs is 1. The van der Waals surface area contributed by atoms with E-state index in [2.05, 4.69) is 15.5 Å². The molecule has 0 saturated carbocycles. The second kappa shape index (κ2) is 6.74. The third-order valence-corrected chi connectivity index (χ3v) is 3.97. The maximum absolute atomic E-state index is 12.3. The van der Waals surface area contributed by atoms with E-state index in [1.807, 2.05) is 13.0 Å². The summed E-state index contributed by atoms with van der Waals surface area (Å²) < 4.78 is 0. The zero-order chi connectivity index (χ0) is 18.0. The molecule has 0 saturated heterocycles. The number of halogens is 1. The van der Waals surface area contributed by atoms with Crippen molar-refractivity contribution in [3.8, 4) is 0 Å². The highest BCUT2D eigenvalue weighted by Gasteiger charge is 2.14. The summed E-state index contributed by atoms with van der Waals surface area (Å²) in [4.78, 5) is 25.4. The summed E-state index contributed by atoms with van der Waals surface area (Å²) in [5, 5.41) is 16.0. The number of nitro benzene ring substituents is 1. The van der Waals surface area contributed by atoms with Crippen molar-refractivity contribution >= 4 is 40.3 Å². The average molecular weight is 357 g/mol. The molecule has 0 fully saturated rings. The summed E-state index contributed by atoms with van der Waals surface area (Å²) in [6.45, 7) is 1.82. The van der Waals surface area contributed by atoms with Gasteiger partial charge in [-0.15, -0.1) is 0 Å². The minimum atomic E-state index is -0.479. The highest BCUT2D eigenvalue weighted by Crippen LogP contribution is 2.24. The number of aryl methyl sites for hydroxylation is 1. The number of nitro groups is 1. The number of benzene rings is 2. The molecule has 0 atom stereocenters. The standard InChI is InChI=1S/C17H13ClN4O3/c1-10-14-8-12(18)4-7-15(14)20-16(10)17(23)21-19-9-11-2-5-13(6-3-11)22(24)25/h2-9,20H,1H3,(H,21,23). The summed E-state index contributed by atoms with van der Waals surface area (Å²) >= 11 is 5.98.